The Bertz CT molecular complexity index is 988. The second kappa shape index (κ2) is 41.6. The van der Waals surface area contributed by atoms with Crippen molar-refractivity contribution in [1.29, 1.82) is 0 Å². The summed E-state index contributed by atoms with van der Waals surface area (Å²) in [6, 6.07) is 0. The molecule has 10 nitrogen and oxygen atoms in total. The lowest BCUT2D eigenvalue weighted by atomic mass is 10.0. The van der Waals surface area contributed by atoms with E-state index in [2.05, 4.69) is 38.2 Å². The fraction of sp³-hybridized carbons (Fsp3) is 0.867. The molecule has 0 bridgehead atoms. The number of phosphoric acid groups is 1. The summed E-state index contributed by atoms with van der Waals surface area (Å²) in [7, 11) is -4.62. The van der Waals surface area contributed by atoms with Crippen molar-refractivity contribution < 1.29 is 47.8 Å². The van der Waals surface area contributed by atoms with Crippen molar-refractivity contribution in [3.63, 3.8) is 0 Å². The summed E-state index contributed by atoms with van der Waals surface area (Å²) in [4.78, 5) is 35.0. The van der Waals surface area contributed by atoms with Crippen LogP contribution >= 0.6 is 7.82 Å². The third kappa shape index (κ3) is 40.6. The number of aliphatic hydroxyl groups is 2. The van der Waals surface area contributed by atoms with E-state index >= 15 is 0 Å². The molecule has 330 valence electrons. The third-order valence-corrected chi connectivity index (χ3v) is 10.8. The van der Waals surface area contributed by atoms with Crippen molar-refractivity contribution in [2.75, 3.05) is 26.4 Å². The molecular weight excluding hydrogens is 731 g/mol. The molecule has 0 aliphatic rings. The van der Waals surface area contributed by atoms with Crippen LogP contribution in [0.4, 0.5) is 0 Å². The van der Waals surface area contributed by atoms with Gasteiger partial charge in [-0.2, -0.15) is 0 Å². The molecule has 0 aliphatic heterocycles. The summed E-state index contributed by atoms with van der Waals surface area (Å²) >= 11 is 0. The van der Waals surface area contributed by atoms with Gasteiger partial charge >= 0.3 is 19.8 Å². The Morgan fingerprint density at radius 3 is 1.41 bits per heavy atom. The van der Waals surface area contributed by atoms with Crippen LogP contribution in [0.2, 0.25) is 0 Å². The quantitative estimate of drug-likeness (QED) is 0.0235. The lowest BCUT2D eigenvalue weighted by molar-refractivity contribution is -0.161. The van der Waals surface area contributed by atoms with E-state index in [1.807, 2.05) is 0 Å². The minimum Gasteiger partial charge on any atom is -0.462 e. The summed E-state index contributed by atoms with van der Waals surface area (Å²) in [6.45, 7) is 2.36. The van der Waals surface area contributed by atoms with Crippen LogP contribution in [0.3, 0.4) is 0 Å². The summed E-state index contributed by atoms with van der Waals surface area (Å²) in [5.74, 6) is -0.931. The van der Waals surface area contributed by atoms with Crippen molar-refractivity contribution in [1.82, 2.24) is 0 Å². The van der Waals surface area contributed by atoms with E-state index in [1.54, 1.807) is 0 Å². The van der Waals surface area contributed by atoms with Crippen molar-refractivity contribution in [2.24, 2.45) is 0 Å². The molecular formula is C45H85O10P. The number of rotatable bonds is 43. The lowest BCUT2D eigenvalue weighted by Gasteiger charge is -2.20. The average molecular weight is 817 g/mol. The molecule has 0 fully saturated rings. The normalized spacial score (nSPS) is 14.0. The number of ether oxygens (including phenoxy) is 2. The summed E-state index contributed by atoms with van der Waals surface area (Å²) in [5.41, 5.74) is 0. The molecule has 0 aromatic heterocycles. The lowest BCUT2D eigenvalue weighted by Crippen LogP contribution is -2.29. The predicted octanol–water partition coefficient (Wildman–Crippen LogP) is 12.2. The van der Waals surface area contributed by atoms with E-state index in [-0.39, 0.29) is 19.4 Å². The average Bonchev–Trinajstić information content (AvgIpc) is 3.19. The SMILES string of the molecule is CCCCC/C=C\C/C=C\CCCCCCCC(=O)O[C@H](COC(=O)CCCCCCCCCCCCCCCCCCCC)COP(=O)(O)OC[C@@H](O)CO. The van der Waals surface area contributed by atoms with Gasteiger partial charge in [-0.3, -0.25) is 18.6 Å². The molecule has 0 saturated carbocycles. The van der Waals surface area contributed by atoms with Gasteiger partial charge in [0.1, 0.15) is 12.7 Å². The van der Waals surface area contributed by atoms with Gasteiger partial charge in [-0.1, -0.05) is 179 Å². The van der Waals surface area contributed by atoms with Crippen LogP contribution in [-0.4, -0.2) is 65.7 Å². The fourth-order valence-corrected chi connectivity index (χ4v) is 7.11. The van der Waals surface area contributed by atoms with Crippen LogP contribution in [0.25, 0.3) is 0 Å². The molecule has 0 amide bonds. The maximum Gasteiger partial charge on any atom is 0.472 e. The van der Waals surface area contributed by atoms with E-state index in [0.717, 1.165) is 64.2 Å². The summed E-state index contributed by atoms with van der Waals surface area (Å²) in [6.07, 6.45) is 41.4. The highest BCUT2D eigenvalue weighted by molar-refractivity contribution is 7.47. The Balaban J connectivity index is 4.24. The Morgan fingerprint density at radius 2 is 0.929 bits per heavy atom. The maximum absolute atomic E-state index is 12.6. The number of hydrogen-bond acceptors (Lipinski definition) is 9. The topological polar surface area (TPSA) is 149 Å². The van der Waals surface area contributed by atoms with Crippen LogP contribution < -0.4 is 0 Å². The number of aliphatic hydroxyl groups excluding tert-OH is 2. The van der Waals surface area contributed by atoms with Gasteiger partial charge < -0.3 is 24.6 Å². The van der Waals surface area contributed by atoms with Gasteiger partial charge in [0, 0.05) is 12.8 Å². The van der Waals surface area contributed by atoms with E-state index in [0.29, 0.717) is 12.8 Å². The highest BCUT2D eigenvalue weighted by atomic mass is 31.2. The molecule has 0 rings (SSSR count). The van der Waals surface area contributed by atoms with Crippen LogP contribution in [0.5, 0.6) is 0 Å². The smallest absolute Gasteiger partial charge is 0.462 e. The molecule has 0 saturated heterocycles. The first kappa shape index (κ1) is 54.5. The van der Waals surface area contributed by atoms with Gasteiger partial charge in [0.15, 0.2) is 6.10 Å². The number of unbranched alkanes of at least 4 members (excludes halogenated alkanes) is 25. The highest BCUT2D eigenvalue weighted by Gasteiger charge is 2.27. The second-order valence-electron chi connectivity index (χ2n) is 15.4. The van der Waals surface area contributed by atoms with Crippen molar-refractivity contribution in [3.8, 4) is 0 Å². The zero-order valence-electron chi connectivity index (χ0n) is 35.9. The van der Waals surface area contributed by atoms with Crippen LogP contribution in [0.1, 0.15) is 213 Å². The van der Waals surface area contributed by atoms with Gasteiger partial charge in [0.2, 0.25) is 0 Å². The molecule has 0 aliphatic carbocycles. The number of hydrogen-bond donors (Lipinski definition) is 3. The first-order valence-electron chi connectivity index (χ1n) is 22.8. The van der Waals surface area contributed by atoms with E-state index in [9.17, 15) is 24.2 Å². The number of carbonyl (C=O) groups excluding carboxylic acids is 2. The molecule has 0 aromatic carbocycles. The molecule has 3 N–H and O–H groups in total. The van der Waals surface area contributed by atoms with E-state index in [1.165, 1.54) is 109 Å². The Morgan fingerprint density at radius 1 is 0.536 bits per heavy atom. The van der Waals surface area contributed by atoms with Gasteiger partial charge in [0.25, 0.3) is 0 Å². The molecule has 0 heterocycles. The predicted molar refractivity (Wildman–Crippen MR) is 228 cm³/mol. The standard InChI is InChI=1S/C45H85O10P/c1-3-5-7-9-11-13-15-17-19-20-21-23-24-26-28-30-32-34-36-44(48)52-40-43(41-54-56(50,51)53-39-42(47)38-46)55-45(49)37-35-33-31-29-27-25-22-18-16-14-12-10-8-6-4-2/h12,14,18,22,42-43,46-47H,3-11,13,15-17,19-21,23-41H2,1-2H3,(H,50,51)/b14-12-,22-18-/t42-,43+/m0/s1. The summed E-state index contributed by atoms with van der Waals surface area (Å²) < 4.78 is 32.7. The van der Waals surface area contributed by atoms with Crippen LogP contribution in [0, 0.1) is 0 Å². The van der Waals surface area contributed by atoms with E-state index in [4.69, 9.17) is 23.6 Å². The largest absolute Gasteiger partial charge is 0.472 e. The first-order valence-corrected chi connectivity index (χ1v) is 24.3. The molecule has 3 atom stereocenters. The third-order valence-electron chi connectivity index (χ3n) is 9.86. The minimum absolute atomic E-state index is 0.171. The Labute approximate surface area is 342 Å². The Kier molecular flexibility index (Phi) is 40.5. The van der Waals surface area contributed by atoms with Gasteiger partial charge in [0.05, 0.1) is 19.8 Å². The monoisotopic (exact) mass is 817 g/mol. The van der Waals surface area contributed by atoms with Crippen LogP contribution in [0.15, 0.2) is 24.3 Å². The first-order chi connectivity index (χ1) is 27.2. The molecule has 1 unspecified atom stereocenters. The molecule has 56 heavy (non-hydrogen) atoms. The number of carbonyl (C=O) groups is 2. The zero-order chi connectivity index (χ0) is 41.2. The van der Waals surface area contributed by atoms with Gasteiger partial charge in [-0.05, 0) is 44.9 Å². The highest BCUT2D eigenvalue weighted by Crippen LogP contribution is 2.43. The molecule has 0 spiro atoms. The van der Waals surface area contributed by atoms with E-state index < -0.39 is 51.8 Å². The molecule has 11 heteroatoms. The van der Waals surface area contributed by atoms with Crippen LogP contribution in [-0.2, 0) is 32.7 Å². The van der Waals surface area contributed by atoms with Gasteiger partial charge in [-0.25, -0.2) is 4.57 Å². The summed E-state index contributed by atoms with van der Waals surface area (Å²) in [5, 5.41) is 18.3. The van der Waals surface area contributed by atoms with Gasteiger partial charge in [-0.15, -0.1) is 0 Å². The number of phosphoric ester groups is 1. The minimum atomic E-state index is -4.62. The fourth-order valence-electron chi connectivity index (χ4n) is 6.32. The Hall–Kier alpha value is -1.55. The zero-order valence-corrected chi connectivity index (χ0v) is 36.8. The maximum atomic E-state index is 12.6. The molecule has 0 radical (unpaired) electrons. The van der Waals surface area contributed by atoms with Crippen molar-refractivity contribution in [2.45, 2.75) is 225 Å². The van der Waals surface area contributed by atoms with Crippen molar-refractivity contribution >= 4 is 19.8 Å². The molecule has 0 aromatic rings. The number of allylic oxidation sites excluding steroid dienone is 4. The number of esters is 2. The van der Waals surface area contributed by atoms with Crippen molar-refractivity contribution in [3.05, 3.63) is 24.3 Å². The second-order valence-corrected chi connectivity index (χ2v) is 16.9.